The lowest BCUT2D eigenvalue weighted by molar-refractivity contribution is -0.142. The fourth-order valence-electron chi connectivity index (χ4n) is 2.34. The maximum absolute atomic E-state index is 12.0. The maximum atomic E-state index is 12.0. The van der Waals surface area contributed by atoms with E-state index in [0.29, 0.717) is 12.5 Å². The van der Waals surface area contributed by atoms with Crippen molar-refractivity contribution in [2.75, 3.05) is 33.4 Å². The fraction of sp³-hybridized carbons (Fsp3) is 0.857. The van der Waals surface area contributed by atoms with Crippen LogP contribution in [0.4, 0.5) is 4.79 Å². The molecule has 1 saturated heterocycles. The largest absolute Gasteiger partial charge is 0.481 e. The molecule has 1 atom stereocenters. The number of nitrogens with zero attached hydrogens (tertiary/aromatic N) is 1. The molecule has 1 heterocycles. The number of nitrogens with one attached hydrogen (secondary N) is 1. The highest BCUT2D eigenvalue weighted by atomic mass is 16.5. The van der Waals surface area contributed by atoms with E-state index in [2.05, 4.69) is 5.32 Å². The molecule has 6 nitrogen and oxygen atoms in total. The predicted octanol–water partition coefficient (Wildman–Crippen LogP) is 1.41. The lowest BCUT2D eigenvalue weighted by Crippen LogP contribution is -2.44. The number of carboxylic acids is 1. The van der Waals surface area contributed by atoms with E-state index in [1.807, 2.05) is 13.8 Å². The molecule has 0 aromatic carbocycles. The van der Waals surface area contributed by atoms with Crippen molar-refractivity contribution in [2.45, 2.75) is 26.7 Å². The van der Waals surface area contributed by atoms with Gasteiger partial charge in [-0.15, -0.1) is 0 Å². The number of carbonyl (C=O) groups excluding carboxylic acids is 1. The molecule has 0 spiro atoms. The smallest absolute Gasteiger partial charge is 0.317 e. The number of urea groups is 1. The van der Waals surface area contributed by atoms with E-state index >= 15 is 0 Å². The van der Waals surface area contributed by atoms with Crippen LogP contribution in [0.5, 0.6) is 0 Å². The van der Waals surface area contributed by atoms with Gasteiger partial charge in [-0.3, -0.25) is 4.79 Å². The number of hydrogen-bond acceptors (Lipinski definition) is 3. The number of rotatable bonds is 6. The van der Waals surface area contributed by atoms with Crippen molar-refractivity contribution in [3.05, 3.63) is 0 Å². The molecule has 2 amide bonds. The maximum Gasteiger partial charge on any atom is 0.317 e. The van der Waals surface area contributed by atoms with Crippen LogP contribution in [0, 0.1) is 17.8 Å². The third-order valence-electron chi connectivity index (χ3n) is 3.81. The Morgan fingerprint density at radius 2 is 1.95 bits per heavy atom. The van der Waals surface area contributed by atoms with Gasteiger partial charge in [0.25, 0.3) is 0 Å². The first kappa shape index (κ1) is 16.8. The molecular formula is C14H26N2O4. The molecule has 2 N–H and O–H groups in total. The van der Waals surface area contributed by atoms with Crippen molar-refractivity contribution < 1.29 is 19.4 Å². The summed E-state index contributed by atoms with van der Waals surface area (Å²) in [5.74, 6) is -0.948. The molecule has 6 heteroatoms. The Morgan fingerprint density at radius 3 is 2.45 bits per heavy atom. The number of ether oxygens (including phenoxy) is 1. The minimum atomic E-state index is -0.868. The van der Waals surface area contributed by atoms with Gasteiger partial charge in [-0.1, -0.05) is 13.8 Å². The van der Waals surface area contributed by atoms with Gasteiger partial charge in [-0.2, -0.15) is 0 Å². The molecule has 0 bridgehead atoms. The van der Waals surface area contributed by atoms with Crippen LogP contribution in [0.2, 0.25) is 0 Å². The normalized spacial score (nSPS) is 17.8. The van der Waals surface area contributed by atoms with Crippen molar-refractivity contribution in [2.24, 2.45) is 17.8 Å². The SMILES string of the molecule is CC(C)C(CNC(=O)N(C)CC1CCOCC1)C(=O)O. The molecule has 0 aliphatic carbocycles. The summed E-state index contributed by atoms with van der Waals surface area (Å²) in [6.45, 7) is 6.06. The molecular weight excluding hydrogens is 260 g/mol. The second-order valence-corrected chi connectivity index (χ2v) is 5.81. The van der Waals surface area contributed by atoms with E-state index in [1.54, 1.807) is 11.9 Å². The number of aliphatic carboxylic acids is 1. The molecule has 116 valence electrons. The first-order valence-electron chi connectivity index (χ1n) is 7.21. The van der Waals surface area contributed by atoms with Crippen molar-refractivity contribution >= 4 is 12.0 Å². The molecule has 1 rings (SSSR count). The lowest BCUT2D eigenvalue weighted by atomic mass is 9.96. The van der Waals surface area contributed by atoms with E-state index in [1.165, 1.54) is 0 Å². The standard InChI is InChI=1S/C14H26N2O4/c1-10(2)12(13(17)18)8-15-14(19)16(3)9-11-4-6-20-7-5-11/h10-12H,4-9H2,1-3H3,(H,15,19)(H,17,18). The second-order valence-electron chi connectivity index (χ2n) is 5.81. The highest BCUT2D eigenvalue weighted by molar-refractivity contribution is 5.75. The lowest BCUT2D eigenvalue weighted by Gasteiger charge is -2.27. The van der Waals surface area contributed by atoms with Crippen LogP contribution in [0.1, 0.15) is 26.7 Å². The molecule has 0 aromatic rings. The minimum Gasteiger partial charge on any atom is -0.481 e. The summed E-state index contributed by atoms with van der Waals surface area (Å²) < 4.78 is 5.29. The van der Waals surface area contributed by atoms with Gasteiger partial charge in [0.2, 0.25) is 0 Å². The second kappa shape index (κ2) is 8.09. The number of carboxylic acid groups (broad SMARTS) is 1. The van der Waals surface area contributed by atoms with Crippen LogP contribution in [0.25, 0.3) is 0 Å². The highest BCUT2D eigenvalue weighted by Gasteiger charge is 2.23. The van der Waals surface area contributed by atoms with E-state index in [4.69, 9.17) is 9.84 Å². The van der Waals surface area contributed by atoms with E-state index < -0.39 is 11.9 Å². The van der Waals surface area contributed by atoms with Gasteiger partial charge in [0.15, 0.2) is 0 Å². The summed E-state index contributed by atoms with van der Waals surface area (Å²) in [6.07, 6.45) is 1.95. The zero-order valence-electron chi connectivity index (χ0n) is 12.6. The van der Waals surface area contributed by atoms with Crippen LogP contribution in [-0.2, 0) is 9.53 Å². The van der Waals surface area contributed by atoms with Gasteiger partial charge >= 0.3 is 12.0 Å². The first-order chi connectivity index (χ1) is 9.41. The topological polar surface area (TPSA) is 78.9 Å². The Morgan fingerprint density at radius 1 is 1.35 bits per heavy atom. The third kappa shape index (κ3) is 5.36. The minimum absolute atomic E-state index is 0.00593. The zero-order valence-corrected chi connectivity index (χ0v) is 12.6. The molecule has 0 aromatic heterocycles. The van der Waals surface area contributed by atoms with Gasteiger partial charge in [-0.25, -0.2) is 4.79 Å². The molecule has 0 saturated carbocycles. The molecule has 0 radical (unpaired) electrons. The van der Waals surface area contributed by atoms with Crippen LogP contribution >= 0.6 is 0 Å². The van der Waals surface area contributed by atoms with Crippen molar-refractivity contribution in [1.29, 1.82) is 0 Å². The van der Waals surface area contributed by atoms with Crippen molar-refractivity contribution in [1.82, 2.24) is 10.2 Å². The molecule has 1 aliphatic heterocycles. The third-order valence-corrected chi connectivity index (χ3v) is 3.81. The van der Waals surface area contributed by atoms with Gasteiger partial charge in [0, 0.05) is 33.4 Å². The van der Waals surface area contributed by atoms with Crippen molar-refractivity contribution in [3.8, 4) is 0 Å². The molecule has 1 fully saturated rings. The van der Waals surface area contributed by atoms with Gasteiger partial charge in [0.1, 0.15) is 0 Å². The number of hydrogen-bond donors (Lipinski definition) is 2. The quantitative estimate of drug-likeness (QED) is 0.774. The molecule has 1 aliphatic rings. The predicted molar refractivity (Wildman–Crippen MR) is 75.5 cm³/mol. The van der Waals surface area contributed by atoms with Gasteiger partial charge in [0.05, 0.1) is 5.92 Å². The van der Waals surface area contributed by atoms with Crippen LogP contribution in [0.3, 0.4) is 0 Å². The Bertz CT molecular complexity index is 327. The van der Waals surface area contributed by atoms with E-state index in [9.17, 15) is 9.59 Å². The summed E-state index contributed by atoms with van der Waals surface area (Å²) in [7, 11) is 1.75. The van der Waals surface area contributed by atoms with Crippen LogP contribution < -0.4 is 5.32 Å². The van der Waals surface area contributed by atoms with Crippen molar-refractivity contribution in [3.63, 3.8) is 0 Å². The van der Waals surface area contributed by atoms with E-state index in [0.717, 1.165) is 26.1 Å². The Hall–Kier alpha value is -1.30. The monoisotopic (exact) mass is 286 g/mol. The van der Waals surface area contributed by atoms with Crippen LogP contribution in [0.15, 0.2) is 0 Å². The summed E-state index contributed by atoms with van der Waals surface area (Å²) in [6, 6.07) is -0.205. The average Bonchev–Trinajstić information content (AvgIpc) is 2.38. The van der Waals surface area contributed by atoms with Gasteiger partial charge < -0.3 is 20.1 Å². The Labute approximate surface area is 120 Å². The first-order valence-corrected chi connectivity index (χ1v) is 7.21. The summed E-state index contributed by atoms with van der Waals surface area (Å²) in [5, 5.41) is 11.8. The fourth-order valence-corrected chi connectivity index (χ4v) is 2.34. The highest BCUT2D eigenvalue weighted by Crippen LogP contribution is 2.15. The molecule has 20 heavy (non-hydrogen) atoms. The molecule has 1 unspecified atom stereocenters. The summed E-state index contributed by atoms with van der Waals surface area (Å²) in [4.78, 5) is 24.7. The summed E-state index contributed by atoms with van der Waals surface area (Å²) >= 11 is 0. The number of carbonyl (C=O) groups is 2. The Balaban J connectivity index is 2.35. The van der Waals surface area contributed by atoms with Crippen LogP contribution in [-0.4, -0.2) is 55.4 Å². The van der Waals surface area contributed by atoms with E-state index in [-0.39, 0.29) is 18.5 Å². The number of amides is 2. The van der Waals surface area contributed by atoms with Gasteiger partial charge in [-0.05, 0) is 24.7 Å². The summed E-state index contributed by atoms with van der Waals surface area (Å²) in [5.41, 5.74) is 0. The average molecular weight is 286 g/mol. The Kier molecular flexibility index (Phi) is 6.78. The zero-order chi connectivity index (χ0) is 15.1.